The van der Waals surface area contributed by atoms with Crippen molar-refractivity contribution in [3.63, 3.8) is 0 Å². The molecule has 0 fully saturated rings. The Morgan fingerprint density at radius 2 is 0.958 bits per heavy atom. The van der Waals surface area contributed by atoms with Gasteiger partial charge in [0.1, 0.15) is 0 Å². The molecule has 1 aromatic heterocycles. The Bertz CT molecular complexity index is 1060. The van der Waals surface area contributed by atoms with Gasteiger partial charge in [-0.25, -0.2) is 9.97 Å². The second-order valence-corrected chi connectivity index (χ2v) is 6.27. The van der Waals surface area contributed by atoms with Crippen molar-refractivity contribution in [3.05, 3.63) is 73.1 Å². The van der Waals surface area contributed by atoms with E-state index in [1.54, 1.807) is 0 Å². The van der Waals surface area contributed by atoms with E-state index in [0.29, 0.717) is 0 Å². The van der Waals surface area contributed by atoms with Crippen LogP contribution >= 0.6 is 0 Å². The van der Waals surface area contributed by atoms with Gasteiger partial charge in [0.25, 0.3) is 0 Å². The Labute approximate surface area is 141 Å². The third kappa shape index (κ3) is 2.04. The summed E-state index contributed by atoms with van der Waals surface area (Å²) in [5.41, 5.74) is 5.31. The molecule has 2 nitrogen and oxygen atoms in total. The summed E-state index contributed by atoms with van der Waals surface area (Å²) in [6.07, 6.45) is 0. The summed E-state index contributed by atoms with van der Waals surface area (Å²) in [7, 11) is 0. The van der Waals surface area contributed by atoms with E-state index < -0.39 is 0 Å². The van der Waals surface area contributed by atoms with Crippen molar-refractivity contribution in [3.8, 4) is 0 Å². The lowest BCUT2D eigenvalue weighted by Gasteiger charge is -2.13. The minimum atomic E-state index is 0.829. The molecule has 2 heteroatoms. The van der Waals surface area contributed by atoms with Gasteiger partial charge >= 0.3 is 0 Å². The number of hydrogen-bond donors (Lipinski definition) is 0. The highest BCUT2D eigenvalue weighted by Crippen LogP contribution is 2.34. The third-order valence-corrected chi connectivity index (χ3v) is 4.36. The number of aromatic nitrogens is 2. The molecule has 4 aromatic rings. The van der Waals surface area contributed by atoms with E-state index in [-0.39, 0.29) is 0 Å². The Morgan fingerprint density at radius 3 is 1.29 bits per heavy atom. The van der Waals surface area contributed by atoms with E-state index >= 15 is 0 Å². The number of benzene rings is 3. The fourth-order valence-electron chi connectivity index (χ4n) is 3.26. The summed E-state index contributed by atoms with van der Waals surface area (Å²) in [6, 6.07) is 16.7. The van der Waals surface area contributed by atoms with Gasteiger partial charge in [0.2, 0.25) is 0 Å². The van der Waals surface area contributed by atoms with Crippen LogP contribution in [0.4, 0.5) is 0 Å². The minimum Gasteiger partial charge on any atom is -0.244 e. The molecule has 0 aliphatic rings. The van der Waals surface area contributed by atoms with E-state index in [1.165, 1.54) is 10.8 Å². The SMILES string of the molecule is C=C(C)c1nc2c3ccccc3c3ccccc3c2nc1C(=C)C. The third-order valence-electron chi connectivity index (χ3n) is 4.36. The average molecular weight is 310 g/mol. The summed E-state index contributed by atoms with van der Waals surface area (Å²) >= 11 is 0. The van der Waals surface area contributed by atoms with Gasteiger partial charge in [0.05, 0.1) is 22.4 Å². The zero-order valence-electron chi connectivity index (χ0n) is 13.9. The van der Waals surface area contributed by atoms with Gasteiger partial charge < -0.3 is 0 Å². The molecule has 3 aromatic carbocycles. The molecule has 0 atom stereocenters. The molecule has 0 bridgehead atoms. The highest BCUT2D eigenvalue weighted by Gasteiger charge is 2.15. The lowest BCUT2D eigenvalue weighted by Crippen LogP contribution is -2.00. The summed E-state index contributed by atoms with van der Waals surface area (Å²) < 4.78 is 0. The van der Waals surface area contributed by atoms with Crippen LogP contribution in [0, 0.1) is 0 Å². The average Bonchev–Trinajstić information content (AvgIpc) is 2.60. The van der Waals surface area contributed by atoms with E-state index in [1.807, 2.05) is 26.0 Å². The zero-order valence-corrected chi connectivity index (χ0v) is 13.9. The van der Waals surface area contributed by atoms with E-state index in [9.17, 15) is 0 Å². The number of fused-ring (bicyclic) bond motifs is 6. The zero-order chi connectivity index (χ0) is 16.8. The molecule has 0 unspecified atom stereocenters. The maximum absolute atomic E-state index is 4.95. The summed E-state index contributed by atoms with van der Waals surface area (Å²) in [4.78, 5) is 9.90. The Kier molecular flexibility index (Phi) is 3.20. The Hall–Kier alpha value is -3.00. The van der Waals surface area contributed by atoms with Gasteiger partial charge in [-0.1, -0.05) is 61.7 Å². The molecule has 24 heavy (non-hydrogen) atoms. The van der Waals surface area contributed by atoms with Crippen LogP contribution in [0.5, 0.6) is 0 Å². The predicted octanol–water partition coefficient (Wildman–Crippen LogP) is 6.00. The molecule has 0 saturated carbocycles. The van der Waals surface area contributed by atoms with Crippen LogP contribution in [-0.4, -0.2) is 9.97 Å². The predicted molar refractivity (Wildman–Crippen MR) is 104 cm³/mol. The number of allylic oxidation sites excluding steroid dienone is 2. The molecule has 0 N–H and O–H groups in total. The first-order valence-electron chi connectivity index (χ1n) is 8.01. The quantitative estimate of drug-likeness (QED) is 0.424. The first kappa shape index (κ1) is 14.6. The van der Waals surface area contributed by atoms with Gasteiger partial charge in [-0.05, 0) is 35.8 Å². The van der Waals surface area contributed by atoms with E-state index in [2.05, 4.69) is 49.6 Å². The standard InChI is InChI=1S/C22H18N2/c1-13(2)19-20(14(3)4)24-22-18-12-8-6-10-16(18)15-9-5-7-11-17(15)21(22)23-19/h5-12H,1,3H2,2,4H3. The van der Waals surface area contributed by atoms with Crippen molar-refractivity contribution in [2.75, 3.05) is 0 Å². The van der Waals surface area contributed by atoms with E-state index in [4.69, 9.17) is 9.97 Å². The van der Waals surface area contributed by atoms with Crippen LogP contribution in [0.15, 0.2) is 61.7 Å². The topological polar surface area (TPSA) is 25.8 Å². The van der Waals surface area contributed by atoms with Crippen LogP contribution in [0.3, 0.4) is 0 Å². The van der Waals surface area contributed by atoms with Crippen LogP contribution in [-0.2, 0) is 0 Å². The summed E-state index contributed by atoms with van der Waals surface area (Å²) in [5.74, 6) is 0. The first-order valence-corrected chi connectivity index (χ1v) is 8.01. The van der Waals surface area contributed by atoms with Crippen LogP contribution in [0.25, 0.3) is 43.7 Å². The number of rotatable bonds is 2. The maximum atomic E-state index is 4.95. The van der Waals surface area contributed by atoms with Gasteiger partial charge in [0.15, 0.2) is 0 Å². The second kappa shape index (κ2) is 5.27. The maximum Gasteiger partial charge on any atom is 0.0979 e. The van der Waals surface area contributed by atoms with Crippen LogP contribution < -0.4 is 0 Å². The largest absolute Gasteiger partial charge is 0.244 e. The molecule has 0 aliphatic carbocycles. The number of nitrogens with zero attached hydrogens (tertiary/aromatic N) is 2. The highest BCUT2D eigenvalue weighted by molar-refractivity contribution is 6.23. The first-order chi connectivity index (χ1) is 11.6. The van der Waals surface area contributed by atoms with Crippen molar-refractivity contribution < 1.29 is 0 Å². The van der Waals surface area contributed by atoms with Crippen molar-refractivity contribution in [1.29, 1.82) is 0 Å². The Balaban J connectivity index is 2.33. The summed E-state index contributed by atoms with van der Waals surface area (Å²) in [5, 5.41) is 4.64. The highest BCUT2D eigenvalue weighted by atomic mass is 14.8. The molecular weight excluding hydrogens is 292 g/mol. The van der Waals surface area contributed by atoms with Crippen molar-refractivity contribution in [2.45, 2.75) is 13.8 Å². The van der Waals surface area contributed by atoms with Crippen LogP contribution in [0.2, 0.25) is 0 Å². The molecule has 0 amide bonds. The van der Waals surface area contributed by atoms with Gasteiger partial charge in [-0.3, -0.25) is 0 Å². The lowest BCUT2D eigenvalue weighted by atomic mass is 9.98. The fourth-order valence-corrected chi connectivity index (χ4v) is 3.26. The monoisotopic (exact) mass is 310 g/mol. The van der Waals surface area contributed by atoms with Gasteiger partial charge in [-0.2, -0.15) is 0 Å². The number of hydrogen-bond acceptors (Lipinski definition) is 2. The lowest BCUT2D eigenvalue weighted by molar-refractivity contribution is 1.21. The van der Waals surface area contributed by atoms with Crippen molar-refractivity contribution in [1.82, 2.24) is 9.97 Å². The molecular formula is C22H18N2. The molecule has 0 spiro atoms. The normalized spacial score (nSPS) is 11.2. The fraction of sp³-hybridized carbons (Fsp3) is 0.0909. The molecule has 1 heterocycles. The summed E-state index contributed by atoms with van der Waals surface area (Å²) in [6.45, 7) is 12.1. The molecule has 0 saturated heterocycles. The minimum absolute atomic E-state index is 0.829. The molecule has 0 radical (unpaired) electrons. The molecule has 4 rings (SSSR count). The second-order valence-electron chi connectivity index (χ2n) is 6.27. The van der Waals surface area contributed by atoms with E-state index in [0.717, 1.165) is 44.3 Å². The smallest absolute Gasteiger partial charge is 0.0979 e. The molecule has 116 valence electrons. The van der Waals surface area contributed by atoms with Crippen molar-refractivity contribution in [2.24, 2.45) is 0 Å². The molecule has 0 aliphatic heterocycles. The van der Waals surface area contributed by atoms with Crippen LogP contribution in [0.1, 0.15) is 25.2 Å². The Morgan fingerprint density at radius 1 is 0.625 bits per heavy atom. The van der Waals surface area contributed by atoms with Gasteiger partial charge in [0, 0.05) is 10.8 Å². The van der Waals surface area contributed by atoms with Crippen molar-refractivity contribution >= 4 is 43.7 Å². The van der Waals surface area contributed by atoms with Gasteiger partial charge in [-0.15, -0.1) is 0 Å².